The van der Waals surface area contributed by atoms with Gasteiger partial charge in [0.25, 0.3) is 5.91 Å². The number of rotatable bonds is 6. The minimum Gasteiger partial charge on any atom is -0.493 e. The Morgan fingerprint density at radius 3 is 2.40 bits per heavy atom. The second kappa shape index (κ2) is 7.25. The summed E-state index contributed by atoms with van der Waals surface area (Å²) in [4.78, 5) is 23.9. The Morgan fingerprint density at radius 2 is 1.92 bits per heavy atom. The number of aromatic carboxylic acids is 1. The van der Waals surface area contributed by atoms with Crippen molar-refractivity contribution in [1.82, 2.24) is 9.78 Å². The second-order valence-electron chi connectivity index (χ2n) is 5.70. The van der Waals surface area contributed by atoms with Gasteiger partial charge in [-0.1, -0.05) is 0 Å². The molecular formula is C17H21N3O5. The molecule has 1 aromatic carbocycles. The topological polar surface area (TPSA) is 103 Å². The molecule has 134 valence electrons. The second-order valence-corrected chi connectivity index (χ2v) is 5.70. The summed E-state index contributed by atoms with van der Waals surface area (Å²) in [7, 11) is 2.81. The summed E-state index contributed by atoms with van der Waals surface area (Å²) >= 11 is 0. The first-order chi connectivity index (χ1) is 11.8. The van der Waals surface area contributed by atoms with Gasteiger partial charge >= 0.3 is 5.97 Å². The van der Waals surface area contributed by atoms with Gasteiger partial charge in [-0.25, -0.2) is 4.79 Å². The Hall–Kier alpha value is -3.03. The van der Waals surface area contributed by atoms with Crippen molar-refractivity contribution >= 4 is 17.6 Å². The summed E-state index contributed by atoms with van der Waals surface area (Å²) < 4.78 is 12.2. The zero-order chi connectivity index (χ0) is 18.7. The van der Waals surface area contributed by atoms with Gasteiger partial charge in [0.15, 0.2) is 11.5 Å². The number of amides is 1. The maximum atomic E-state index is 12.6. The van der Waals surface area contributed by atoms with Crippen LogP contribution < -0.4 is 14.8 Å². The van der Waals surface area contributed by atoms with Crippen molar-refractivity contribution in [2.75, 3.05) is 19.5 Å². The van der Waals surface area contributed by atoms with Gasteiger partial charge in [-0.05, 0) is 32.9 Å². The van der Waals surface area contributed by atoms with E-state index in [-0.39, 0.29) is 28.8 Å². The highest BCUT2D eigenvalue weighted by molar-refractivity contribution is 6.06. The molecule has 0 aliphatic rings. The number of carbonyl (C=O) groups excluding carboxylic acids is 1. The Bertz CT molecular complexity index is 811. The molecule has 25 heavy (non-hydrogen) atoms. The third-order valence-electron chi connectivity index (χ3n) is 3.75. The van der Waals surface area contributed by atoms with Gasteiger partial charge in [0.1, 0.15) is 0 Å². The number of carbonyl (C=O) groups is 2. The van der Waals surface area contributed by atoms with Gasteiger partial charge in [0.2, 0.25) is 0 Å². The van der Waals surface area contributed by atoms with E-state index in [0.717, 1.165) is 0 Å². The normalized spacial score (nSPS) is 10.6. The summed E-state index contributed by atoms with van der Waals surface area (Å²) in [5.74, 6) is -1.09. The third kappa shape index (κ3) is 3.57. The van der Waals surface area contributed by atoms with Crippen LogP contribution in [0, 0.1) is 6.92 Å². The highest BCUT2D eigenvalue weighted by Crippen LogP contribution is 2.37. The van der Waals surface area contributed by atoms with E-state index in [1.165, 1.54) is 32.5 Å². The van der Waals surface area contributed by atoms with Crippen LogP contribution >= 0.6 is 0 Å². The number of hydrogen-bond acceptors (Lipinski definition) is 5. The smallest absolute Gasteiger partial charge is 0.335 e. The van der Waals surface area contributed by atoms with Crippen LogP contribution in [0.1, 0.15) is 46.3 Å². The largest absolute Gasteiger partial charge is 0.493 e. The third-order valence-corrected chi connectivity index (χ3v) is 3.75. The first-order valence-electron chi connectivity index (χ1n) is 7.64. The molecule has 0 aliphatic heterocycles. The minimum atomic E-state index is -1.14. The summed E-state index contributed by atoms with van der Waals surface area (Å²) in [6, 6.07) is 2.77. The van der Waals surface area contributed by atoms with Crippen LogP contribution in [0.3, 0.4) is 0 Å². The van der Waals surface area contributed by atoms with E-state index < -0.39 is 11.9 Å². The molecule has 8 nitrogen and oxygen atoms in total. The molecule has 8 heteroatoms. The Morgan fingerprint density at radius 1 is 1.24 bits per heavy atom. The number of aromatic nitrogens is 2. The maximum absolute atomic E-state index is 12.6. The summed E-state index contributed by atoms with van der Waals surface area (Å²) in [5.41, 5.74) is 1.30. The SMILES string of the molecule is COc1cc(C(=O)O)cc(NC(=O)c2cnn(C(C)C)c2C)c1OC. The van der Waals surface area contributed by atoms with E-state index in [9.17, 15) is 14.7 Å². The van der Waals surface area contributed by atoms with Crippen LogP contribution in [-0.4, -0.2) is 41.0 Å². The lowest BCUT2D eigenvalue weighted by molar-refractivity contribution is 0.0696. The van der Waals surface area contributed by atoms with Gasteiger partial charge in [0, 0.05) is 11.7 Å². The zero-order valence-electron chi connectivity index (χ0n) is 14.8. The standard InChI is InChI=1S/C17H21N3O5/c1-9(2)20-10(3)12(8-18-20)16(21)19-13-6-11(17(22)23)7-14(24-4)15(13)25-5/h6-9H,1-5H3,(H,19,21)(H,22,23). The average Bonchev–Trinajstić information content (AvgIpc) is 2.95. The first kappa shape index (κ1) is 18.3. The van der Waals surface area contributed by atoms with Crippen molar-refractivity contribution in [2.24, 2.45) is 0 Å². The summed E-state index contributed by atoms with van der Waals surface area (Å²) in [6.45, 7) is 5.73. The van der Waals surface area contributed by atoms with Crippen LogP contribution in [-0.2, 0) is 0 Å². The first-order valence-corrected chi connectivity index (χ1v) is 7.64. The number of ether oxygens (including phenoxy) is 2. The van der Waals surface area contributed by atoms with Crippen LogP contribution in [0.15, 0.2) is 18.3 Å². The van der Waals surface area contributed by atoms with Crippen molar-refractivity contribution in [3.63, 3.8) is 0 Å². The van der Waals surface area contributed by atoms with E-state index in [4.69, 9.17) is 9.47 Å². The number of benzene rings is 1. The highest BCUT2D eigenvalue weighted by Gasteiger charge is 2.20. The predicted molar refractivity (Wildman–Crippen MR) is 91.8 cm³/mol. The number of hydrogen-bond donors (Lipinski definition) is 2. The average molecular weight is 347 g/mol. The molecule has 0 bridgehead atoms. The molecule has 2 aromatic rings. The zero-order valence-corrected chi connectivity index (χ0v) is 14.8. The quantitative estimate of drug-likeness (QED) is 0.833. The molecule has 0 saturated carbocycles. The monoisotopic (exact) mass is 347 g/mol. The summed E-state index contributed by atoms with van der Waals surface area (Å²) in [6.07, 6.45) is 1.48. The molecule has 1 amide bonds. The molecule has 0 aliphatic carbocycles. The van der Waals surface area contributed by atoms with Crippen molar-refractivity contribution in [3.8, 4) is 11.5 Å². The Balaban J connectivity index is 2.43. The molecule has 1 aromatic heterocycles. The van der Waals surface area contributed by atoms with Crippen molar-refractivity contribution in [2.45, 2.75) is 26.8 Å². The lowest BCUT2D eigenvalue weighted by Crippen LogP contribution is -2.15. The minimum absolute atomic E-state index is 0.0254. The molecule has 0 fully saturated rings. The Labute approximate surface area is 145 Å². The molecule has 0 saturated heterocycles. The number of carboxylic acid groups (broad SMARTS) is 1. The molecular weight excluding hydrogens is 326 g/mol. The number of methoxy groups -OCH3 is 2. The van der Waals surface area contributed by atoms with Crippen molar-refractivity contribution < 1.29 is 24.2 Å². The molecule has 0 radical (unpaired) electrons. The van der Waals surface area contributed by atoms with Gasteiger partial charge in [-0.15, -0.1) is 0 Å². The van der Waals surface area contributed by atoms with Crippen LogP contribution in [0.2, 0.25) is 0 Å². The van der Waals surface area contributed by atoms with E-state index in [1.54, 1.807) is 11.6 Å². The molecule has 1 heterocycles. The fourth-order valence-corrected chi connectivity index (χ4v) is 2.54. The van der Waals surface area contributed by atoms with Crippen molar-refractivity contribution in [3.05, 3.63) is 35.2 Å². The molecule has 0 unspecified atom stereocenters. The maximum Gasteiger partial charge on any atom is 0.335 e. The lowest BCUT2D eigenvalue weighted by Gasteiger charge is -2.15. The molecule has 0 atom stereocenters. The van der Waals surface area contributed by atoms with Crippen LogP contribution in [0.5, 0.6) is 11.5 Å². The van der Waals surface area contributed by atoms with Gasteiger partial charge in [-0.2, -0.15) is 5.10 Å². The van der Waals surface area contributed by atoms with E-state index in [1.807, 2.05) is 13.8 Å². The number of carboxylic acids is 1. The van der Waals surface area contributed by atoms with E-state index in [0.29, 0.717) is 11.3 Å². The lowest BCUT2D eigenvalue weighted by atomic mass is 10.1. The van der Waals surface area contributed by atoms with Crippen LogP contribution in [0.25, 0.3) is 0 Å². The predicted octanol–water partition coefficient (Wildman–Crippen LogP) is 2.74. The number of nitrogens with zero attached hydrogens (tertiary/aromatic N) is 2. The molecule has 2 N–H and O–H groups in total. The highest BCUT2D eigenvalue weighted by atomic mass is 16.5. The van der Waals surface area contributed by atoms with Gasteiger partial charge in [-0.3, -0.25) is 9.48 Å². The Kier molecular flexibility index (Phi) is 5.31. The number of nitrogens with one attached hydrogen (secondary N) is 1. The van der Waals surface area contributed by atoms with E-state index >= 15 is 0 Å². The van der Waals surface area contributed by atoms with Crippen LogP contribution in [0.4, 0.5) is 5.69 Å². The van der Waals surface area contributed by atoms with Crippen molar-refractivity contribution in [1.29, 1.82) is 0 Å². The summed E-state index contributed by atoms with van der Waals surface area (Å²) in [5, 5.41) is 16.1. The van der Waals surface area contributed by atoms with Gasteiger partial charge in [0.05, 0.1) is 37.2 Å². The molecule has 0 spiro atoms. The fourth-order valence-electron chi connectivity index (χ4n) is 2.54. The fraction of sp³-hybridized carbons (Fsp3) is 0.353. The van der Waals surface area contributed by atoms with Gasteiger partial charge < -0.3 is 19.9 Å². The molecule has 2 rings (SSSR count). The number of anilines is 1. The van der Waals surface area contributed by atoms with E-state index in [2.05, 4.69) is 10.4 Å².